The first kappa shape index (κ1) is 13.9. The van der Waals surface area contributed by atoms with E-state index in [1.165, 1.54) is 19.4 Å². The van der Waals surface area contributed by atoms with Gasteiger partial charge >= 0.3 is 0 Å². The highest BCUT2D eigenvalue weighted by molar-refractivity contribution is 7.84. The summed E-state index contributed by atoms with van der Waals surface area (Å²) in [6, 6.07) is 1.42. The van der Waals surface area contributed by atoms with Crippen molar-refractivity contribution < 1.29 is 13.7 Å². The zero-order valence-electron chi connectivity index (χ0n) is 10.0. The quantitative estimate of drug-likeness (QED) is 0.793. The van der Waals surface area contributed by atoms with Crippen LogP contribution in [-0.4, -0.2) is 28.8 Å². The van der Waals surface area contributed by atoms with Gasteiger partial charge in [-0.2, -0.15) is 0 Å². The predicted molar refractivity (Wildman–Crippen MR) is 66.6 cm³/mol. The van der Waals surface area contributed by atoms with Gasteiger partial charge in [-0.25, -0.2) is 0 Å². The van der Waals surface area contributed by atoms with E-state index in [1.54, 1.807) is 0 Å². The number of rotatable bonds is 7. The molecule has 0 saturated heterocycles. The number of aromatic amines is 1. The van der Waals surface area contributed by atoms with Crippen LogP contribution in [0.1, 0.15) is 19.0 Å². The van der Waals surface area contributed by atoms with Gasteiger partial charge in [0.25, 0.3) is 0 Å². The standard InChI is InChI=1S/C11H17NO4S/c1-3-4-16-11-6-12-9(5-10(11)13)7-17(14)8-15-2/h5-6H,3-4,7-8H2,1-2H3,(H,12,13). The third-order valence-corrected chi connectivity index (χ3v) is 3.10. The average molecular weight is 259 g/mol. The van der Waals surface area contributed by atoms with Gasteiger partial charge in [-0.15, -0.1) is 0 Å². The lowest BCUT2D eigenvalue weighted by atomic mass is 10.3. The highest BCUT2D eigenvalue weighted by atomic mass is 32.2. The molecule has 1 aromatic heterocycles. The molecule has 6 heteroatoms. The molecule has 1 atom stereocenters. The average Bonchev–Trinajstić information content (AvgIpc) is 2.28. The van der Waals surface area contributed by atoms with Crippen LogP contribution in [0, 0.1) is 0 Å². The fourth-order valence-corrected chi connectivity index (χ4v) is 2.11. The van der Waals surface area contributed by atoms with E-state index in [1.807, 2.05) is 6.92 Å². The van der Waals surface area contributed by atoms with Gasteiger partial charge < -0.3 is 14.5 Å². The maximum atomic E-state index is 11.6. The summed E-state index contributed by atoms with van der Waals surface area (Å²) in [5.41, 5.74) is 0.427. The van der Waals surface area contributed by atoms with Crippen molar-refractivity contribution in [2.75, 3.05) is 19.7 Å². The Morgan fingerprint density at radius 1 is 1.47 bits per heavy atom. The summed E-state index contributed by atoms with van der Waals surface area (Å²) in [5.74, 6) is 0.737. The molecule has 96 valence electrons. The van der Waals surface area contributed by atoms with Gasteiger partial charge in [-0.1, -0.05) is 6.92 Å². The topological polar surface area (TPSA) is 68.4 Å². The summed E-state index contributed by atoms with van der Waals surface area (Å²) in [4.78, 5) is 14.5. The molecule has 1 aromatic rings. The van der Waals surface area contributed by atoms with Crippen LogP contribution in [0.4, 0.5) is 0 Å². The molecule has 0 saturated carbocycles. The zero-order valence-corrected chi connectivity index (χ0v) is 10.8. The maximum Gasteiger partial charge on any atom is 0.223 e. The normalized spacial score (nSPS) is 12.4. The summed E-state index contributed by atoms with van der Waals surface area (Å²) in [6.07, 6.45) is 2.36. The van der Waals surface area contributed by atoms with Crippen LogP contribution in [0.5, 0.6) is 5.75 Å². The van der Waals surface area contributed by atoms with Crippen LogP contribution in [0.2, 0.25) is 0 Å². The van der Waals surface area contributed by atoms with Crippen molar-refractivity contribution in [2.24, 2.45) is 0 Å². The van der Waals surface area contributed by atoms with Gasteiger partial charge in [-0.05, 0) is 6.42 Å². The van der Waals surface area contributed by atoms with Crippen LogP contribution < -0.4 is 10.2 Å². The van der Waals surface area contributed by atoms with Crippen molar-refractivity contribution >= 4 is 10.8 Å². The van der Waals surface area contributed by atoms with Gasteiger partial charge in [0, 0.05) is 25.1 Å². The largest absolute Gasteiger partial charge is 0.488 e. The third kappa shape index (κ3) is 4.70. The second-order valence-electron chi connectivity index (χ2n) is 3.53. The lowest BCUT2D eigenvalue weighted by Crippen LogP contribution is -2.12. The summed E-state index contributed by atoms with van der Waals surface area (Å²) in [5, 5.41) is 0. The highest BCUT2D eigenvalue weighted by Gasteiger charge is 2.05. The number of pyridine rings is 1. The van der Waals surface area contributed by atoms with Crippen molar-refractivity contribution in [2.45, 2.75) is 19.1 Å². The Morgan fingerprint density at radius 2 is 2.24 bits per heavy atom. The predicted octanol–water partition coefficient (Wildman–Crippen LogP) is 1.02. The van der Waals surface area contributed by atoms with Crippen LogP contribution in [-0.2, 0) is 21.3 Å². The molecule has 0 amide bonds. The molecule has 0 fully saturated rings. The molecular formula is C11H17NO4S. The molecule has 5 nitrogen and oxygen atoms in total. The van der Waals surface area contributed by atoms with E-state index in [4.69, 9.17) is 9.47 Å². The van der Waals surface area contributed by atoms with E-state index in [0.717, 1.165) is 6.42 Å². The van der Waals surface area contributed by atoms with E-state index in [9.17, 15) is 9.00 Å². The Kier molecular flexibility index (Phi) is 5.93. The second kappa shape index (κ2) is 7.24. The molecule has 0 aliphatic rings. The summed E-state index contributed by atoms with van der Waals surface area (Å²) in [6.45, 7) is 2.48. The summed E-state index contributed by atoms with van der Waals surface area (Å²) >= 11 is 0. The van der Waals surface area contributed by atoms with Crippen LogP contribution in [0.15, 0.2) is 17.1 Å². The van der Waals surface area contributed by atoms with E-state index >= 15 is 0 Å². The highest BCUT2D eigenvalue weighted by Crippen LogP contribution is 2.04. The van der Waals surface area contributed by atoms with Crippen molar-refractivity contribution in [3.8, 4) is 5.75 Å². The third-order valence-electron chi connectivity index (χ3n) is 1.96. The van der Waals surface area contributed by atoms with Crippen LogP contribution in [0.25, 0.3) is 0 Å². The van der Waals surface area contributed by atoms with Crippen molar-refractivity contribution in [3.63, 3.8) is 0 Å². The molecule has 0 aliphatic heterocycles. The van der Waals surface area contributed by atoms with Crippen molar-refractivity contribution in [1.82, 2.24) is 4.98 Å². The van der Waals surface area contributed by atoms with Gasteiger partial charge in [0.1, 0.15) is 5.94 Å². The van der Waals surface area contributed by atoms with Gasteiger partial charge in [-0.3, -0.25) is 9.00 Å². The number of ether oxygens (including phenoxy) is 2. The molecular weight excluding hydrogens is 242 g/mol. The molecule has 17 heavy (non-hydrogen) atoms. The number of hydrogen-bond donors (Lipinski definition) is 1. The first-order chi connectivity index (χ1) is 8.17. The molecule has 1 unspecified atom stereocenters. The second-order valence-corrected chi connectivity index (χ2v) is 4.93. The SMILES string of the molecule is CCCOc1c[nH]c(CS(=O)COC)cc1=O. The smallest absolute Gasteiger partial charge is 0.223 e. The number of aromatic nitrogens is 1. The monoisotopic (exact) mass is 259 g/mol. The van der Waals surface area contributed by atoms with Gasteiger partial charge in [0.15, 0.2) is 5.75 Å². The summed E-state index contributed by atoms with van der Waals surface area (Å²) < 4.78 is 21.4. The lowest BCUT2D eigenvalue weighted by molar-refractivity contribution is 0.254. The molecule has 0 spiro atoms. The Bertz CT molecular complexity index is 430. The minimum atomic E-state index is -1.12. The Labute approximate surface area is 103 Å². The fraction of sp³-hybridized carbons (Fsp3) is 0.545. The van der Waals surface area contributed by atoms with Gasteiger partial charge in [0.2, 0.25) is 5.43 Å². The lowest BCUT2D eigenvalue weighted by Gasteiger charge is -2.05. The Balaban J connectivity index is 2.68. The molecule has 0 aromatic carbocycles. The maximum absolute atomic E-state index is 11.6. The van der Waals surface area contributed by atoms with E-state index in [2.05, 4.69) is 4.98 Å². The van der Waals surface area contributed by atoms with Crippen molar-refractivity contribution in [1.29, 1.82) is 0 Å². The van der Waals surface area contributed by atoms with E-state index < -0.39 is 10.8 Å². The van der Waals surface area contributed by atoms with E-state index in [0.29, 0.717) is 18.1 Å². The Hall–Kier alpha value is -1.14. The van der Waals surface area contributed by atoms with Crippen LogP contribution in [0.3, 0.4) is 0 Å². The first-order valence-electron chi connectivity index (χ1n) is 5.35. The van der Waals surface area contributed by atoms with E-state index in [-0.39, 0.29) is 17.1 Å². The first-order valence-corrected chi connectivity index (χ1v) is 6.84. The summed E-state index contributed by atoms with van der Waals surface area (Å²) in [7, 11) is 0.364. The zero-order chi connectivity index (χ0) is 12.7. The minimum Gasteiger partial charge on any atom is -0.488 e. The Morgan fingerprint density at radius 3 is 2.82 bits per heavy atom. The minimum absolute atomic E-state index is 0.163. The molecule has 1 heterocycles. The number of H-pyrrole nitrogens is 1. The molecule has 0 aliphatic carbocycles. The molecule has 0 radical (unpaired) electrons. The molecule has 0 bridgehead atoms. The van der Waals surface area contributed by atoms with Crippen molar-refractivity contribution in [3.05, 3.63) is 28.2 Å². The fourth-order valence-electron chi connectivity index (χ4n) is 1.26. The number of nitrogens with one attached hydrogen (secondary N) is 1. The van der Waals surface area contributed by atoms with Gasteiger partial charge in [0.05, 0.1) is 23.2 Å². The van der Waals surface area contributed by atoms with Crippen LogP contribution >= 0.6 is 0 Å². The number of methoxy groups -OCH3 is 1. The molecule has 1 rings (SSSR count). The molecule has 1 N–H and O–H groups in total. The number of hydrogen-bond acceptors (Lipinski definition) is 4.